The van der Waals surface area contributed by atoms with E-state index in [-0.39, 0.29) is 25.2 Å². The molecule has 3 aromatic carbocycles. The van der Waals surface area contributed by atoms with Crippen LogP contribution in [0.15, 0.2) is 78.9 Å². The molecule has 6 nitrogen and oxygen atoms in total. The highest BCUT2D eigenvalue weighted by molar-refractivity contribution is 5.97. The van der Waals surface area contributed by atoms with Gasteiger partial charge in [-0.25, -0.2) is 4.79 Å². The quantitative estimate of drug-likeness (QED) is 0.581. The van der Waals surface area contributed by atoms with Crippen molar-refractivity contribution in [1.29, 1.82) is 0 Å². The lowest BCUT2D eigenvalue weighted by molar-refractivity contribution is -0.149. The SMILES string of the molecule is C[C@@H]1Cc2ccccc2N1C(=O)COC(=O)COc1ccc(Nc2ccccc2)cc1. The first kappa shape index (κ1) is 20.5. The number of ether oxygens (including phenoxy) is 2. The summed E-state index contributed by atoms with van der Waals surface area (Å²) < 4.78 is 10.6. The van der Waals surface area contributed by atoms with Crippen LogP contribution in [-0.4, -0.2) is 31.1 Å². The first-order chi connectivity index (χ1) is 15.1. The Kier molecular flexibility index (Phi) is 6.17. The van der Waals surface area contributed by atoms with Gasteiger partial charge >= 0.3 is 5.97 Å². The van der Waals surface area contributed by atoms with Crippen LogP contribution in [0.2, 0.25) is 0 Å². The van der Waals surface area contributed by atoms with Gasteiger partial charge in [0.2, 0.25) is 0 Å². The zero-order chi connectivity index (χ0) is 21.6. The number of nitrogens with zero attached hydrogens (tertiary/aromatic N) is 1. The third-order valence-corrected chi connectivity index (χ3v) is 5.11. The number of para-hydroxylation sites is 2. The highest BCUT2D eigenvalue weighted by Gasteiger charge is 2.30. The molecule has 0 saturated heterocycles. The van der Waals surface area contributed by atoms with Gasteiger partial charge < -0.3 is 19.7 Å². The Morgan fingerprint density at radius 3 is 2.35 bits per heavy atom. The molecule has 4 rings (SSSR count). The van der Waals surface area contributed by atoms with Gasteiger partial charge in [0.1, 0.15) is 5.75 Å². The number of carbonyl (C=O) groups is 2. The van der Waals surface area contributed by atoms with Gasteiger partial charge in [0.05, 0.1) is 0 Å². The van der Waals surface area contributed by atoms with E-state index < -0.39 is 5.97 Å². The van der Waals surface area contributed by atoms with Crippen molar-refractivity contribution in [2.45, 2.75) is 19.4 Å². The monoisotopic (exact) mass is 416 g/mol. The molecular formula is C25H24N2O4. The summed E-state index contributed by atoms with van der Waals surface area (Å²) in [6.07, 6.45) is 0.800. The molecule has 158 valence electrons. The zero-order valence-electron chi connectivity index (χ0n) is 17.3. The molecule has 0 saturated carbocycles. The van der Waals surface area contributed by atoms with E-state index in [0.717, 1.165) is 29.0 Å². The highest BCUT2D eigenvalue weighted by atomic mass is 16.6. The molecule has 0 bridgehead atoms. The van der Waals surface area contributed by atoms with Crippen LogP contribution < -0.4 is 15.0 Å². The van der Waals surface area contributed by atoms with Crippen molar-refractivity contribution in [2.24, 2.45) is 0 Å². The van der Waals surface area contributed by atoms with Gasteiger partial charge in [0.25, 0.3) is 5.91 Å². The van der Waals surface area contributed by atoms with Crippen molar-refractivity contribution in [1.82, 2.24) is 0 Å². The summed E-state index contributed by atoms with van der Waals surface area (Å²) in [5, 5.41) is 3.28. The van der Waals surface area contributed by atoms with E-state index in [2.05, 4.69) is 5.32 Å². The molecule has 1 aliphatic heterocycles. The van der Waals surface area contributed by atoms with E-state index >= 15 is 0 Å². The number of rotatable bonds is 7. The Morgan fingerprint density at radius 1 is 0.903 bits per heavy atom. The number of amides is 1. The molecule has 0 unspecified atom stereocenters. The lowest BCUT2D eigenvalue weighted by atomic mass is 10.1. The maximum atomic E-state index is 12.6. The first-order valence-electron chi connectivity index (χ1n) is 10.2. The molecule has 0 fully saturated rings. The van der Waals surface area contributed by atoms with Gasteiger partial charge in [0, 0.05) is 23.1 Å². The lowest BCUT2D eigenvalue weighted by Gasteiger charge is -2.22. The molecule has 0 spiro atoms. The van der Waals surface area contributed by atoms with Crippen molar-refractivity contribution in [3.05, 3.63) is 84.4 Å². The van der Waals surface area contributed by atoms with Gasteiger partial charge in [0.15, 0.2) is 13.2 Å². The Balaban J connectivity index is 1.24. The average molecular weight is 416 g/mol. The first-order valence-corrected chi connectivity index (χ1v) is 10.2. The number of carbonyl (C=O) groups excluding carboxylic acids is 2. The molecule has 1 amide bonds. The summed E-state index contributed by atoms with van der Waals surface area (Å²) in [5.41, 5.74) is 3.91. The minimum Gasteiger partial charge on any atom is -0.482 e. The number of hydrogen-bond donors (Lipinski definition) is 1. The Hall–Kier alpha value is -3.80. The molecule has 3 aromatic rings. The fourth-order valence-electron chi connectivity index (χ4n) is 3.66. The molecule has 1 N–H and O–H groups in total. The smallest absolute Gasteiger partial charge is 0.344 e. The maximum absolute atomic E-state index is 12.6. The third-order valence-electron chi connectivity index (χ3n) is 5.11. The van der Waals surface area contributed by atoms with E-state index in [0.29, 0.717) is 5.75 Å². The van der Waals surface area contributed by atoms with Crippen LogP contribution in [0.3, 0.4) is 0 Å². The summed E-state index contributed by atoms with van der Waals surface area (Å²) in [6, 6.07) is 24.9. The number of anilines is 3. The number of benzene rings is 3. The number of fused-ring (bicyclic) bond motifs is 1. The molecule has 0 aromatic heterocycles. The van der Waals surface area contributed by atoms with Crippen LogP contribution in [-0.2, 0) is 20.7 Å². The van der Waals surface area contributed by atoms with Gasteiger partial charge in [-0.3, -0.25) is 4.79 Å². The molecule has 0 aliphatic carbocycles. The van der Waals surface area contributed by atoms with Crippen LogP contribution in [0.4, 0.5) is 17.1 Å². The zero-order valence-corrected chi connectivity index (χ0v) is 17.3. The molecular weight excluding hydrogens is 392 g/mol. The fourth-order valence-corrected chi connectivity index (χ4v) is 3.66. The highest BCUT2D eigenvalue weighted by Crippen LogP contribution is 2.31. The summed E-state index contributed by atoms with van der Waals surface area (Å²) in [4.78, 5) is 26.3. The molecule has 1 atom stereocenters. The number of hydrogen-bond acceptors (Lipinski definition) is 5. The van der Waals surface area contributed by atoms with E-state index in [1.807, 2.05) is 73.7 Å². The second-order valence-corrected chi connectivity index (χ2v) is 7.41. The second-order valence-electron chi connectivity index (χ2n) is 7.41. The van der Waals surface area contributed by atoms with Crippen LogP contribution >= 0.6 is 0 Å². The average Bonchev–Trinajstić information content (AvgIpc) is 3.13. The van der Waals surface area contributed by atoms with Gasteiger partial charge in [-0.1, -0.05) is 36.4 Å². The van der Waals surface area contributed by atoms with E-state index in [9.17, 15) is 9.59 Å². The summed E-state index contributed by atoms with van der Waals surface area (Å²) in [7, 11) is 0. The van der Waals surface area contributed by atoms with Crippen molar-refractivity contribution in [2.75, 3.05) is 23.4 Å². The summed E-state index contributed by atoms with van der Waals surface area (Å²) in [6.45, 7) is 1.42. The van der Waals surface area contributed by atoms with E-state index in [1.165, 1.54) is 0 Å². The summed E-state index contributed by atoms with van der Waals surface area (Å²) in [5.74, 6) is -0.272. The van der Waals surface area contributed by atoms with E-state index in [4.69, 9.17) is 9.47 Å². The Morgan fingerprint density at radius 2 is 1.58 bits per heavy atom. The lowest BCUT2D eigenvalue weighted by Crippen LogP contribution is -2.39. The van der Waals surface area contributed by atoms with Crippen LogP contribution in [0.5, 0.6) is 5.75 Å². The van der Waals surface area contributed by atoms with Gasteiger partial charge in [-0.05, 0) is 61.4 Å². The largest absolute Gasteiger partial charge is 0.482 e. The standard InChI is InChI=1S/C25H24N2O4/c1-18-15-19-7-5-6-10-23(19)27(18)24(28)16-31-25(29)17-30-22-13-11-21(12-14-22)26-20-8-3-2-4-9-20/h2-14,18,26H,15-17H2,1H3/t18-/m1/s1. The van der Waals surface area contributed by atoms with Gasteiger partial charge in [-0.15, -0.1) is 0 Å². The van der Waals surface area contributed by atoms with Crippen LogP contribution in [0, 0.1) is 0 Å². The predicted octanol–water partition coefficient (Wildman–Crippen LogP) is 4.33. The molecule has 0 radical (unpaired) electrons. The number of esters is 1. The fraction of sp³-hybridized carbons (Fsp3) is 0.200. The molecule has 6 heteroatoms. The molecule has 1 heterocycles. The third kappa shape index (κ3) is 5.04. The van der Waals surface area contributed by atoms with Crippen LogP contribution in [0.1, 0.15) is 12.5 Å². The minimum atomic E-state index is -0.583. The Bertz CT molecular complexity index is 1050. The minimum absolute atomic E-state index is 0.0443. The number of nitrogens with one attached hydrogen (secondary N) is 1. The maximum Gasteiger partial charge on any atom is 0.344 e. The normalized spacial score (nSPS) is 14.6. The topological polar surface area (TPSA) is 67.9 Å². The van der Waals surface area contributed by atoms with Crippen molar-refractivity contribution >= 4 is 28.9 Å². The Labute approximate surface area is 181 Å². The van der Waals surface area contributed by atoms with Crippen molar-refractivity contribution < 1.29 is 19.1 Å². The van der Waals surface area contributed by atoms with Crippen molar-refractivity contribution in [3.8, 4) is 5.75 Å². The van der Waals surface area contributed by atoms with Crippen molar-refractivity contribution in [3.63, 3.8) is 0 Å². The van der Waals surface area contributed by atoms with E-state index in [1.54, 1.807) is 17.0 Å². The second kappa shape index (κ2) is 9.34. The van der Waals surface area contributed by atoms with Crippen LogP contribution in [0.25, 0.3) is 0 Å². The predicted molar refractivity (Wildman–Crippen MR) is 120 cm³/mol. The summed E-state index contributed by atoms with van der Waals surface area (Å²) >= 11 is 0. The molecule has 31 heavy (non-hydrogen) atoms. The molecule has 1 aliphatic rings. The van der Waals surface area contributed by atoms with Gasteiger partial charge in [-0.2, -0.15) is 0 Å².